The van der Waals surface area contributed by atoms with Gasteiger partial charge in [-0.2, -0.15) is 0 Å². The molecular formula is C16H22F2N2O2. The molecule has 2 amide bonds. The Balaban J connectivity index is 1.92. The Labute approximate surface area is 128 Å². The van der Waals surface area contributed by atoms with Crippen molar-refractivity contribution in [2.24, 2.45) is 0 Å². The first-order valence-electron chi connectivity index (χ1n) is 7.61. The zero-order chi connectivity index (χ0) is 16.2. The lowest BCUT2D eigenvalue weighted by Crippen LogP contribution is -2.44. The molecule has 1 aromatic carbocycles. The molecule has 6 heteroatoms. The number of hydrogen-bond acceptors (Lipinski definition) is 2. The van der Waals surface area contributed by atoms with Gasteiger partial charge in [-0.25, -0.2) is 13.6 Å². The number of benzene rings is 1. The van der Waals surface area contributed by atoms with Crippen LogP contribution in [0.25, 0.3) is 0 Å². The zero-order valence-corrected chi connectivity index (χ0v) is 12.7. The highest BCUT2D eigenvalue weighted by molar-refractivity contribution is 5.74. The van der Waals surface area contributed by atoms with Gasteiger partial charge < -0.3 is 15.7 Å². The van der Waals surface area contributed by atoms with Crippen LogP contribution in [0.2, 0.25) is 0 Å². The fraction of sp³-hybridized carbons (Fsp3) is 0.562. The highest BCUT2D eigenvalue weighted by atomic mass is 19.1. The molecule has 0 aromatic heterocycles. The Hall–Kier alpha value is -1.69. The fourth-order valence-electron chi connectivity index (χ4n) is 2.63. The molecule has 1 fully saturated rings. The van der Waals surface area contributed by atoms with Crippen LogP contribution in [0, 0.1) is 11.6 Å². The van der Waals surface area contributed by atoms with Crippen LogP contribution in [0.15, 0.2) is 18.2 Å². The van der Waals surface area contributed by atoms with Crippen LogP contribution in [0.5, 0.6) is 0 Å². The molecule has 22 heavy (non-hydrogen) atoms. The second-order valence-corrected chi connectivity index (χ2v) is 5.85. The molecule has 2 rings (SSSR count). The quantitative estimate of drug-likeness (QED) is 0.724. The maximum absolute atomic E-state index is 13.9. The molecule has 0 bridgehead atoms. The van der Waals surface area contributed by atoms with E-state index in [-0.39, 0.29) is 18.7 Å². The van der Waals surface area contributed by atoms with Gasteiger partial charge in [-0.15, -0.1) is 0 Å². The lowest BCUT2D eigenvalue weighted by Gasteiger charge is -2.20. The average Bonchev–Trinajstić information content (AvgIpc) is 3.25. The molecule has 1 saturated carbocycles. The number of carbonyl (C=O) groups excluding carboxylic acids is 1. The molecule has 122 valence electrons. The van der Waals surface area contributed by atoms with Gasteiger partial charge in [0.2, 0.25) is 0 Å². The van der Waals surface area contributed by atoms with E-state index in [1.165, 1.54) is 12.1 Å². The summed E-state index contributed by atoms with van der Waals surface area (Å²) in [7, 11) is 0. The number of amides is 2. The number of urea groups is 1. The van der Waals surface area contributed by atoms with Crippen molar-refractivity contribution < 1.29 is 18.7 Å². The van der Waals surface area contributed by atoms with E-state index in [9.17, 15) is 13.6 Å². The van der Waals surface area contributed by atoms with Crippen LogP contribution in [-0.4, -0.2) is 30.3 Å². The van der Waals surface area contributed by atoms with Crippen LogP contribution >= 0.6 is 0 Å². The number of rotatable bonds is 7. The van der Waals surface area contributed by atoms with Crippen LogP contribution in [-0.2, 0) is 5.41 Å². The second-order valence-electron chi connectivity index (χ2n) is 5.85. The largest absolute Gasteiger partial charge is 0.396 e. The summed E-state index contributed by atoms with van der Waals surface area (Å²) in [4.78, 5) is 11.9. The van der Waals surface area contributed by atoms with Gasteiger partial charge in [-0.1, -0.05) is 13.0 Å². The smallest absolute Gasteiger partial charge is 0.315 e. The summed E-state index contributed by atoms with van der Waals surface area (Å²) in [5, 5.41) is 14.4. The number of carbonyl (C=O) groups is 1. The van der Waals surface area contributed by atoms with Crippen molar-refractivity contribution in [1.29, 1.82) is 0 Å². The topological polar surface area (TPSA) is 61.4 Å². The van der Waals surface area contributed by atoms with E-state index in [0.29, 0.717) is 18.5 Å². The van der Waals surface area contributed by atoms with Crippen molar-refractivity contribution in [3.8, 4) is 0 Å². The molecule has 0 aliphatic heterocycles. The maximum Gasteiger partial charge on any atom is 0.315 e. The predicted molar refractivity (Wildman–Crippen MR) is 79.6 cm³/mol. The monoisotopic (exact) mass is 312 g/mol. The summed E-state index contributed by atoms with van der Waals surface area (Å²) in [5.74, 6) is -1.16. The van der Waals surface area contributed by atoms with E-state index >= 15 is 0 Å². The first kappa shape index (κ1) is 16.7. The van der Waals surface area contributed by atoms with Crippen molar-refractivity contribution in [3.63, 3.8) is 0 Å². The molecule has 1 atom stereocenters. The minimum atomic E-state index is -0.599. The molecule has 0 heterocycles. The summed E-state index contributed by atoms with van der Waals surface area (Å²) in [6.45, 7) is 2.26. The molecular weight excluding hydrogens is 290 g/mol. The first-order valence-corrected chi connectivity index (χ1v) is 7.61. The standard InChI is InChI=1S/C16H22F2N2O2/c1-2-12(5-8-21)20-15(22)19-10-16(6-7-16)13-4-3-11(17)9-14(13)18/h3-4,9,12,21H,2,5-8,10H2,1H3,(H2,19,20,22). The molecule has 1 aliphatic rings. The van der Waals surface area contributed by atoms with E-state index in [1.807, 2.05) is 6.92 Å². The molecule has 0 spiro atoms. The van der Waals surface area contributed by atoms with Crippen molar-refractivity contribution in [1.82, 2.24) is 10.6 Å². The van der Waals surface area contributed by atoms with E-state index in [2.05, 4.69) is 10.6 Å². The van der Waals surface area contributed by atoms with E-state index < -0.39 is 17.0 Å². The van der Waals surface area contributed by atoms with Gasteiger partial charge in [0.05, 0.1) is 0 Å². The number of aliphatic hydroxyl groups excluding tert-OH is 1. The Morgan fingerprint density at radius 2 is 2.14 bits per heavy atom. The summed E-state index contributed by atoms with van der Waals surface area (Å²) in [6, 6.07) is 3.17. The van der Waals surface area contributed by atoms with Gasteiger partial charge >= 0.3 is 6.03 Å². The highest BCUT2D eigenvalue weighted by Crippen LogP contribution is 2.48. The normalized spacial score (nSPS) is 16.9. The molecule has 1 aliphatic carbocycles. The predicted octanol–water partition coefficient (Wildman–Crippen LogP) is 2.46. The zero-order valence-electron chi connectivity index (χ0n) is 12.7. The molecule has 3 N–H and O–H groups in total. The second kappa shape index (κ2) is 7.05. The van der Waals surface area contributed by atoms with Crippen LogP contribution in [0.4, 0.5) is 13.6 Å². The number of halogens is 2. The Kier molecular flexibility index (Phi) is 5.34. The molecule has 4 nitrogen and oxygen atoms in total. The molecule has 1 unspecified atom stereocenters. The van der Waals surface area contributed by atoms with Crippen molar-refractivity contribution >= 4 is 6.03 Å². The number of nitrogens with one attached hydrogen (secondary N) is 2. The summed E-state index contributed by atoms with van der Waals surface area (Å²) >= 11 is 0. The van der Waals surface area contributed by atoms with E-state index in [0.717, 1.165) is 25.3 Å². The highest BCUT2D eigenvalue weighted by Gasteiger charge is 2.46. The fourth-order valence-corrected chi connectivity index (χ4v) is 2.63. The maximum atomic E-state index is 13.9. The summed E-state index contributed by atoms with van der Waals surface area (Å²) in [5.41, 5.74) is 0.0324. The van der Waals surface area contributed by atoms with Crippen molar-refractivity contribution in [3.05, 3.63) is 35.4 Å². The third-order valence-electron chi connectivity index (χ3n) is 4.25. The molecule has 0 radical (unpaired) electrons. The third-order valence-corrected chi connectivity index (χ3v) is 4.25. The van der Waals surface area contributed by atoms with Crippen LogP contribution in [0.3, 0.4) is 0 Å². The van der Waals surface area contributed by atoms with Gasteiger partial charge in [0.25, 0.3) is 0 Å². The summed E-state index contributed by atoms with van der Waals surface area (Å²) < 4.78 is 26.9. The van der Waals surface area contributed by atoms with E-state index in [4.69, 9.17) is 5.11 Å². The Morgan fingerprint density at radius 3 is 2.68 bits per heavy atom. The molecule has 0 saturated heterocycles. The number of hydrogen-bond donors (Lipinski definition) is 3. The van der Waals surface area contributed by atoms with Crippen molar-refractivity contribution in [2.45, 2.75) is 44.1 Å². The number of aliphatic hydroxyl groups is 1. The minimum Gasteiger partial charge on any atom is -0.396 e. The Morgan fingerprint density at radius 1 is 1.41 bits per heavy atom. The summed E-state index contributed by atoms with van der Waals surface area (Å²) in [6.07, 6.45) is 2.76. The molecule has 1 aromatic rings. The van der Waals surface area contributed by atoms with Gasteiger partial charge in [0.15, 0.2) is 0 Å². The van der Waals surface area contributed by atoms with Gasteiger partial charge in [-0.05, 0) is 37.3 Å². The van der Waals surface area contributed by atoms with Gasteiger partial charge in [-0.3, -0.25) is 0 Å². The van der Waals surface area contributed by atoms with Gasteiger partial charge in [0, 0.05) is 30.7 Å². The third kappa shape index (κ3) is 3.94. The van der Waals surface area contributed by atoms with Gasteiger partial charge in [0.1, 0.15) is 11.6 Å². The van der Waals surface area contributed by atoms with Crippen LogP contribution < -0.4 is 10.6 Å². The lowest BCUT2D eigenvalue weighted by atomic mass is 9.95. The average molecular weight is 312 g/mol. The lowest BCUT2D eigenvalue weighted by molar-refractivity contribution is 0.227. The van der Waals surface area contributed by atoms with Crippen molar-refractivity contribution in [2.75, 3.05) is 13.2 Å². The van der Waals surface area contributed by atoms with Crippen LogP contribution in [0.1, 0.15) is 38.2 Å². The Bertz CT molecular complexity index is 533. The minimum absolute atomic E-state index is 0.0174. The SMILES string of the molecule is CCC(CCO)NC(=O)NCC1(c2ccc(F)cc2F)CC1. The van der Waals surface area contributed by atoms with E-state index in [1.54, 1.807) is 0 Å². The first-order chi connectivity index (χ1) is 10.5.